The lowest BCUT2D eigenvalue weighted by Gasteiger charge is -2.42. The minimum absolute atomic E-state index is 0.372. The number of aromatic nitrogens is 1. The molecule has 2 heterocycles. The number of ether oxygens (including phenoxy) is 1. The molecule has 0 atom stereocenters. The zero-order valence-electron chi connectivity index (χ0n) is 18.4. The summed E-state index contributed by atoms with van der Waals surface area (Å²) in [5.74, 6) is 1.96. The number of hydrogen-bond donors (Lipinski definition) is 2. The average Bonchev–Trinajstić information content (AvgIpc) is 2.71. The van der Waals surface area contributed by atoms with Gasteiger partial charge in [-0.2, -0.15) is 0 Å². The van der Waals surface area contributed by atoms with Crippen LogP contribution < -0.4 is 15.5 Å². The van der Waals surface area contributed by atoms with Crippen LogP contribution in [0.1, 0.15) is 38.2 Å². The first-order valence-corrected chi connectivity index (χ1v) is 11.0. The van der Waals surface area contributed by atoms with Crippen molar-refractivity contribution in [2.45, 2.75) is 39.2 Å². The van der Waals surface area contributed by atoms with Crippen LogP contribution in [0.3, 0.4) is 0 Å². The van der Waals surface area contributed by atoms with E-state index in [1.807, 2.05) is 6.20 Å². The summed E-state index contributed by atoms with van der Waals surface area (Å²) in [5, 5.41) is 6.97. The zero-order chi connectivity index (χ0) is 20.5. The van der Waals surface area contributed by atoms with Gasteiger partial charge in [-0.3, -0.25) is 0 Å². The molecule has 7 heteroatoms. The highest BCUT2D eigenvalue weighted by Crippen LogP contribution is 2.43. The minimum Gasteiger partial charge on any atom is -0.385 e. The SMILES string of the molecule is CCNC(=NCc1ccnc(N2CCN(C)CC2)c1)NCC1(CCOC)CCC1. The highest BCUT2D eigenvalue weighted by Gasteiger charge is 2.36. The fraction of sp³-hybridized carbons (Fsp3) is 0.727. The number of piperazine rings is 1. The third kappa shape index (κ3) is 6.31. The maximum Gasteiger partial charge on any atom is 0.191 e. The van der Waals surface area contributed by atoms with E-state index in [-0.39, 0.29) is 0 Å². The molecular weight excluding hydrogens is 364 g/mol. The molecule has 1 aliphatic carbocycles. The maximum absolute atomic E-state index is 5.31. The van der Waals surface area contributed by atoms with Gasteiger partial charge in [0.1, 0.15) is 5.82 Å². The Morgan fingerprint density at radius 2 is 2.03 bits per heavy atom. The largest absolute Gasteiger partial charge is 0.385 e. The number of hydrogen-bond acceptors (Lipinski definition) is 5. The molecule has 1 aromatic rings. The molecule has 2 N–H and O–H groups in total. The molecule has 2 fully saturated rings. The van der Waals surface area contributed by atoms with Crippen molar-refractivity contribution in [2.75, 3.05) is 64.9 Å². The number of rotatable bonds is 9. The van der Waals surface area contributed by atoms with Crippen molar-refractivity contribution in [3.8, 4) is 0 Å². The predicted octanol–water partition coefficient (Wildman–Crippen LogP) is 2.10. The first-order chi connectivity index (χ1) is 14.1. The van der Waals surface area contributed by atoms with Gasteiger partial charge in [0.25, 0.3) is 0 Å². The van der Waals surface area contributed by atoms with Gasteiger partial charge in [-0.05, 0) is 56.3 Å². The Kier molecular flexibility index (Phi) is 8.12. The van der Waals surface area contributed by atoms with Gasteiger partial charge in [-0.25, -0.2) is 9.98 Å². The number of nitrogens with zero attached hydrogens (tertiary/aromatic N) is 4. The van der Waals surface area contributed by atoms with Crippen molar-refractivity contribution in [3.63, 3.8) is 0 Å². The second-order valence-corrected chi connectivity index (χ2v) is 8.46. The van der Waals surface area contributed by atoms with E-state index in [1.54, 1.807) is 7.11 Å². The van der Waals surface area contributed by atoms with E-state index < -0.39 is 0 Å². The molecule has 1 saturated carbocycles. The number of aliphatic imine (C=N–C) groups is 1. The summed E-state index contributed by atoms with van der Waals surface area (Å²) >= 11 is 0. The van der Waals surface area contributed by atoms with Gasteiger partial charge in [0.05, 0.1) is 6.54 Å². The normalized spacial score (nSPS) is 19.7. The van der Waals surface area contributed by atoms with Crippen LogP contribution in [-0.4, -0.2) is 75.9 Å². The highest BCUT2D eigenvalue weighted by molar-refractivity contribution is 5.79. The summed E-state index contributed by atoms with van der Waals surface area (Å²) in [5.41, 5.74) is 1.57. The fourth-order valence-corrected chi connectivity index (χ4v) is 4.06. The highest BCUT2D eigenvalue weighted by atomic mass is 16.5. The van der Waals surface area contributed by atoms with E-state index in [0.29, 0.717) is 12.0 Å². The lowest BCUT2D eigenvalue weighted by atomic mass is 9.67. The molecule has 162 valence electrons. The van der Waals surface area contributed by atoms with Crippen molar-refractivity contribution < 1.29 is 4.74 Å². The molecule has 0 unspecified atom stereocenters. The van der Waals surface area contributed by atoms with Crippen molar-refractivity contribution in [1.29, 1.82) is 0 Å². The Morgan fingerprint density at radius 1 is 1.24 bits per heavy atom. The summed E-state index contributed by atoms with van der Waals surface area (Å²) in [6.07, 6.45) is 6.91. The maximum atomic E-state index is 5.31. The van der Waals surface area contributed by atoms with Gasteiger partial charge >= 0.3 is 0 Å². The van der Waals surface area contributed by atoms with Gasteiger partial charge in [0.15, 0.2) is 5.96 Å². The molecule has 29 heavy (non-hydrogen) atoms. The van der Waals surface area contributed by atoms with Crippen LogP contribution in [-0.2, 0) is 11.3 Å². The molecule has 1 saturated heterocycles. The minimum atomic E-state index is 0.372. The second-order valence-electron chi connectivity index (χ2n) is 8.46. The first kappa shape index (κ1) is 21.8. The monoisotopic (exact) mass is 402 g/mol. The Morgan fingerprint density at radius 3 is 2.69 bits per heavy atom. The molecule has 0 spiro atoms. The third-order valence-electron chi connectivity index (χ3n) is 6.28. The number of anilines is 1. The standard InChI is InChI=1S/C22H38N6O/c1-4-23-21(26-18-22(7-5-8-22)9-15-29-3)25-17-19-6-10-24-20(16-19)28-13-11-27(2)12-14-28/h6,10,16H,4-5,7-9,11-15,17-18H2,1-3H3,(H2,23,25,26). The smallest absolute Gasteiger partial charge is 0.191 e. The van der Waals surface area contributed by atoms with Gasteiger partial charge < -0.3 is 25.2 Å². The van der Waals surface area contributed by atoms with E-state index >= 15 is 0 Å². The van der Waals surface area contributed by atoms with Gasteiger partial charge in [-0.15, -0.1) is 0 Å². The van der Waals surface area contributed by atoms with E-state index in [2.05, 4.69) is 51.5 Å². The molecule has 0 bridgehead atoms. The molecule has 0 aromatic carbocycles. The summed E-state index contributed by atoms with van der Waals surface area (Å²) < 4.78 is 5.31. The molecule has 0 radical (unpaired) electrons. The van der Waals surface area contributed by atoms with Crippen LogP contribution in [0.15, 0.2) is 23.3 Å². The summed E-state index contributed by atoms with van der Waals surface area (Å²) in [4.78, 5) is 14.1. The first-order valence-electron chi connectivity index (χ1n) is 11.0. The summed E-state index contributed by atoms with van der Waals surface area (Å²) in [6, 6.07) is 4.25. The fourth-order valence-electron chi connectivity index (χ4n) is 4.06. The predicted molar refractivity (Wildman–Crippen MR) is 120 cm³/mol. The Labute approximate surface area is 175 Å². The van der Waals surface area contributed by atoms with Gasteiger partial charge in [0, 0.05) is 59.2 Å². The quantitative estimate of drug-likeness (QED) is 0.487. The molecule has 1 aromatic heterocycles. The van der Waals surface area contributed by atoms with Gasteiger partial charge in [-0.1, -0.05) is 6.42 Å². The van der Waals surface area contributed by atoms with E-state index in [0.717, 1.165) is 64.1 Å². The van der Waals surface area contributed by atoms with Crippen molar-refractivity contribution in [3.05, 3.63) is 23.9 Å². The van der Waals surface area contributed by atoms with Crippen molar-refractivity contribution in [2.24, 2.45) is 10.4 Å². The lowest BCUT2D eigenvalue weighted by Crippen LogP contribution is -2.47. The van der Waals surface area contributed by atoms with Crippen LogP contribution in [0.25, 0.3) is 0 Å². The molecule has 0 amide bonds. The van der Waals surface area contributed by atoms with Crippen LogP contribution in [0.5, 0.6) is 0 Å². The second kappa shape index (κ2) is 10.8. The number of pyridine rings is 1. The summed E-state index contributed by atoms with van der Waals surface area (Å²) in [7, 11) is 3.96. The third-order valence-corrected chi connectivity index (χ3v) is 6.28. The Balaban J connectivity index is 1.57. The molecule has 1 aliphatic heterocycles. The van der Waals surface area contributed by atoms with E-state index in [1.165, 1.54) is 24.8 Å². The lowest BCUT2D eigenvalue weighted by molar-refractivity contribution is 0.0732. The zero-order valence-corrected chi connectivity index (χ0v) is 18.4. The topological polar surface area (TPSA) is 65.0 Å². The molecular formula is C22H38N6O. The van der Waals surface area contributed by atoms with E-state index in [4.69, 9.17) is 9.73 Å². The molecule has 7 nitrogen and oxygen atoms in total. The van der Waals surface area contributed by atoms with Crippen LogP contribution in [0.2, 0.25) is 0 Å². The summed E-state index contributed by atoms with van der Waals surface area (Å²) in [6.45, 7) is 9.66. The van der Waals surface area contributed by atoms with Crippen LogP contribution in [0.4, 0.5) is 5.82 Å². The van der Waals surface area contributed by atoms with Gasteiger partial charge in [0.2, 0.25) is 0 Å². The van der Waals surface area contributed by atoms with Crippen molar-refractivity contribution in [1.82, 2.24) is 20.5 Å². The van der Waals surface area contributed by atoms with Crippen LogP contribution >= 0.6 is 0 Å². The Bertz CT molecular complexity index is 652. The average molecular weight is 403 g/mol. The van der Waals surface area contributed by atoms with E-state index in [9.17, 15) is 0 Å². The van der Waals surface area contributed by atoms with Crippen molar-refractivity contribution >= 4 is 11.8 Å². The molecule has 2 aliphatic rings. The number of likely N-dealkylation sites (N-methyl/N-ethyl adjacent to an activating group) is 1. The van der Waals surface area contributed by atoms with Crippen LogP contribution in [0, 0.1) is 5.41 Å². The Hall–Kier alpha value is -1.86. The number of methoxy groups -OCH3 is 1. The number of guanidine groups is 1. The molecule has 3 rings (SSSR count). The number of nitrogens with one attached hydrogen (secondary N) is 2.